The van der Waals surface area contributed by atoms with Crippen molar-refractivity contribution in [3.63, 3.8) is 0 Å². The number of hydrogen-bond donors (Lipinski definition) is 11. The monoisotopic (exact) mass is 1390 g/mol. The molecule has 0 aromatic carbocycles. The first-order valence-corrected chi connectivity index (χ1v) is 38.0. The predicted molar refractivity (Wildman–Crippen MR) is 360 cm³/mol. The van der Waals surface area contributed by atoms with Gasteiger partial charge >= 0.3 is 25.7 Å². The van der Waals surface area contributed by atoms with Crippen LogP contribution < -0.4 is 0 Å². The molecule has 3 fully saturated rings. The second kappa shape index (κ2) is 52.8. The van der Waals surface area contributed by atoms with Gasteiger partial charge in [-0.2, -0.15) is 0 Å². The molecule has 2 heterocycles. The fraction of sp³-hybridized carbons (Fsp3) is 0.845. The predicted octanol–water partition coefficient (Wildman–Crippen LogP) is 9.29. The molecular formula is C71H125O24P. The van der Waals surface area contributed by atoms with Gasteiger partial charge in [-0.25, -0.2) is 14.2 Å². The molecule has 0 radical (unpaired) electrons. The number of hydrogen-bond acceptors (Lipinski definition) is 23. The second-order valence-corrected chi connectivity index (χ2v) is 27.5. The topological polar surface area (TPSA) is 374 Å². The van der Waals surface area contributed by atoms with Crippen LogP contribution in [0.15, 0.2) is 48.6 Å². The van der Waals surface area contributed by atoms with E-state index < -0.39 is 156 Å². The van der Waals surface area contributed by atoms with Crippen molar-refractivity contribution in [3.05, 3.63) is 48.6 Å². The molecule has 96 heavy (non-hydrogen) atoms. The van der Waals surface area contributed by atoms with E-state index in [1.165, 1.54) is 147 Å². The van der Waals surface area contributed by atoms with Crippen LogP contribution >= 0.6 is 7.82 Å². The SMILES string of the molecule is CCCCCCCCCCCCC/C=C/C=C/C(=O)OCC(COP(=O)(O)OC1C(OC2OC(CO)C(O)C(O)C2O)C(O)C(O)C(O)C1OC1OC(COC(=O)CCCCCCCCCCCCC)C(O)C(O)C1O)OC(=O)/C=C/C=C/CCCCCCCCCCCCC. The Bertz CT molecular complexity index is 2180. The fourth-order valence-electron chi connectivity index (χ4n) is 11.8. The van der Waals surface area contributed by atoms with Gasteiger partial charge in [-0.1, -0.05) is 250 Å². The van der Waals surface area contributed by atoms with Gasteiger partial charge in [0, 0.05) is 18.6 Å². The lowest BCUT2D eigenvalue weighted by Crippen LogP contribution is -2.69. The second-order valence-electron chi connectivity index (χ2n) is 26.1. The van der Waals surface area contributed by atoms with Gasteiger partial charge in [-0.3, -0.25) is 13.8 Å². The summed E-state index contributed by atoms with van der Waals surface area (Å²) in [5.74, 6) is -2.51. The highest BCUT2D eigenvalue weighted by Gasteiger charge is 2.58. The molecule has 0 aromatic heterocycles. The molecule has 3 rings (SSSR count). The summed E-state index contributed by atoms with van der Waals surface area (Å²) < 4.78 is 64.4. The molecule has 558 valence electrons. The van der Waals surface area contributed by atoms with Gasteiger partial charge in [0.2, 0.25) is 0 Å². The van der Waals surface area contributed by atoms with Crippen LogP contribution in [0.25, 0.3) is 0 Å². The fourth-order valence-corrected chi connectivity index (χ4v) is 12.8. The minimum atomic E-state index is -5.74. The number of esters is 3. The number of aliphatic hydroxyl groups excluding tert-OH is 10. The molecule has 0 bridgehead atoms. The van der Waals surface area contributed by atoms with Crippen molar-refractivity contribution in [3.8, 4) is 0 Å². The van der Waals surface area contributed by atoms with E-state index in [0.717, 1.165) is 95.6 Å². The average Bonchev–Trinajstić information content (AvgIpc) is 0.795. The van der Waals surface area contributed by atoms with Gasteiger partial charge in [0.25, 0.3) is 0 Å². The number of carbonyl (C=O) groups excluding carboxylic acids is 3. The molecule has 25 heteroatoms. The van der Waals surface area contributed by atoms with Crippen molar-refractivity contribution in [1.29, 1.82) is 0 Å². The number of carbonyl (C=O) groups is 3. The van der Waals surface area contributed by atoms with E-state index in [4.69, 9.17) is 42.2 Å². The summed E-state index contributed by atoms with van der Waals surface area (Å²) in [5, 5.41) is 110. The summed E-state index contributed by atoms with van der Waals surface area (Å²) in [6.07, 6.45) is 16.2. The molecule has 2 aliphatic heterocycles. The minimum Gasteiger partial charge on any atom is -0.463 e. The van der Waals surface area contributed by atoms with E-state index in [1.807, 2.05) is 12.2 Å². The summed E-state index contributed by atoms with van der Waals surface area (Å²) in [7, 11) is -5.74. The maximum absolute atomic E-state index is 14.3. The third-order valence-electron chi connectivity index (χ3n) is 17.8. The molecule has 3 aliphatic rings. The van der Waals surface area contributed by atoms with E-state index >= 15 is 0 Å². The number of phosphoric ester groups is 1. The molecule has 11 N–H and O–H groups in total. The maximum atomic E-state index is 14.3. The normalized spacial score (nSPS) is 28.2. The van der Waals surface area contributed by atoms with Crippen LogP contribution in [-0.2, 0) is 61.2 Å². The molecule has 24 nitrogen and oxygen atoms in total. The van der Waals surface area contributed by atoms with Crippen molar-refractivity contribution in [1.82, 2.24) is 0 Å². The van der Waals surface area contributed by atoms with Crippen LogP contribution in [0.2, 0.25) is 0 Å². The van der Waals surface area contributed by atoms with Crippen LogP contribution in [0.3, 0.4) is 0 Å². The third-order valence-corrected chi connectivity index (χ3v) is 18.8. The summed E-state index contributed by atoms with van der Waals surface area (Å²) in [6, 6.07) is 0. The maximum Gasteiger partial charge on any atom is 0.472 e. The summed E-state index contributed by atoms with van der Waals surface area (Å²) in [6.45, 7) is 3.19. The highest BCUT2D eigenvalue weighted by atomic mass is 31.2. The van der Waals surface area contributed by atoms with Gasteiger partial charge in [0.1, 0.15) is 98.7 Å². The minimum absolute atomic E-state index is 0.0227. The molecular weight excluding hydrogens is 1270 g/mol. The van der Waals surface area contributed by atoms with Gasteiger partial charge in [0.15, 0.2) is 18.7 Å². The van der Waals surface area contributed by atoms with E-state index in [9.17, 15) is 74.9 Å². The van der Waals surface area contributed by atoms with Crippen LogP contribution in [0.4, 0.5) is 0 Å². The molecule has 1 saturated carbocycles. The number of aliphatic hydroxyl groups is 10. The Kier molecular flexibility index (Phi) is 48.0. The van der Waals surface area contributed by atoms with Crippen molar-refractivity contribution >= 4 is 25.7 Å². The van der Waals surface area contributed by atoms with Crippen LogP contribution in [0.5, 0.6) is 0 Å². The zero-order chi connectivity index (χ0) is 70.4. The van der Waals surface area contributed by atoms with E-state index in [2.05, 4.69) is 20.8 Å². The zero-order valence-electron chi connectivity index (χ0n) is 57.9. The van der Waals surface area contributed by atoms with Gasteiger partial charge in [-0.05, 0) is 32.1 Å². The number of phosphoric acid groups is 1. The molecule has 0 aromatic rings. The van der Waals surface area contributed by atoms with E-state index in [0.29, 0.717) is 6.42 Å². The Hall–Kier alpha value is -3.08. The lowest BCUT2D eigenvalue weighted by Gasteiger charge is -2.49. The Morgan fingerprint density at radius 1 is 0.427 bits per heavy atom. The molecule has 0 amide bonds. The molecule has 0 spiro atoms. The quantitative estimate of drug-likeness (QED) is 0.00674. The van der Waals surface area contributed by atoms with E-state index in [1.54, 1.807) is 12.2 Å². The number of unbranched alkanes of at least 4 members (excludes halogenated alkanes) is 32. The van der Waals surface area contributed by atoms with Crippen LogP contribution in [0.1, 0.15) is 252 Å². The average molecular weight is 1390 g/mol. The Labute approximate surface area is 571 Å². The smallest absolute Gasteiger partial charge is 0.463 e. The van der Waals surface area contributed by atoms with Crippen molar-refractivity contribution in [2.24, 2.45) is 0 Å². The molecule has 1 aliphatic carbocycles. The first-order valence-electron chi connectivity index (χ1n) is 36.5. The van der Waals surface area contributed by atoms with Crippen LogP contribution in [0, 0.1) is 0 Å². The van der Waals surface area contributed by atoms with Gasteiger partial charge in [0.05, 0.1) is 13.2 Å². The Morgan fingerprint density at radius 2 is 0.802 bits per heavy atom. The summed E-state index contributed by atoms with van der Waals surface area (Å²) in [5.41, 5.74) is 0. The molecule has 2 saturated heterocycles. The number of rotatable bonds is 55. The lowest BCUT2D eigenvalue weighted by molar-refractivity contribution is -0.360. The van der Waals surface area contributed by atoms with Gasteiger partial charge < -0.3 is 89.1 Å². The number of ether oxygens (including phenoxy) is 7. The van der Waals surface area contributed by atoms with Crippen molar-refractivity contribution < 1.29 is 117 Å². The van der Waals surface area contributed by atoms with Crippen molar-refractivity contribution in [2.75, 3.05) is 26.4 Å². The Morgan fingerprint density at radius 3 is 1.23 bits per heavy atom. The van der Waals surface area contributed by atoms with Crippen LogP contribution in [-0.4, -0.2) is 204 Å². The molecule has 18 atom stereocenters. The highest BCUT2D eigenvalue weighted by Crippen LogP contribution is 2.49. The summed E-state index contributed by atoms with van der Waals surface area (Å²) >= 11 is 0. The third kappa shape index (κ3) is 36.0. The molecule has 18 unspecified atom stereocenters. The van der Waals surface area contributed by atoms with E-state index in [-0.39, 0.29) is 6.42 Å². The van der Waals surface area contributed by atoms with Gasteiger partial charge in [-0.15, -0.1) is 0 Å². The summed E-state index contributed by atoms with van der Waals surface area (Å²) in [4.78, 5) is 50.6. The highest BCUT2D eigenvalue weighted by molar-refractivity contribution is 7.47. The number of allylic oxidation sites excluding steroid dienone is 6. The lowest BCUT2D eigenvalue weighted by atomic mass is 9.84. The zero-order valence-corrected chi connectivity index (χ0v) is 58.8. The Balaban J connectivity index is 1.79. The standard InChI is InChI=1S/C71H125O24P/c1-4-7-10-13-16-19-22-24-26-28-31-34-36-39-42-45-55(73)87-49-52(90-57(75)47-44-41-38-35-32-29-27-25-23-20-17-14-11-8-5-2)50-89-96(85,86)95-69-67(93-70-65(83)60(78)58(76)53(48-72)91-70)63(81)62(80)64(82)68(69)94-71-66(84)61(79)59(77)54(92-71)51-88-56(74)46-43-40-37-33-30-21-18-15-12-9-6-3/h36,38-39,41-42,44-45,47,52-54,58-72,76-84H,4-35,37,40,43,46,48-51H2,1-3H3,(H,85,86)/b39-36+,41-38+,45-42+,47-44+. The first-order chi connectivity index (χ1) is 46.3. The van der Waals surface area contributed by atoms with Crippen molar-refractivity contribution in [2.45, 2.75) is 356 Å². The first kappa shape index (κ1) is 87.1. The largest absolute Gasteiger partial charge is 0.472 e.